The van der Waals surface area contributed by atoms with E-state index in [4.69, 9.17) is 5.73 Å². The number of nitrogens with one attached hydrogen (secondary N) is 2. The lowest BCUT2D eigenvalue weighted by molar-refractivity contribution is 0.608. The zero-order valence-corrected chi connectivity index (χ0v) is 8.83. The van der Waals surface area contributed by atoms with Gasteiger partial charge in [-0.05, 0) is 24.6 Å². The van der Waals surface area contributed by atoms with Crippen molar-refractivity contribution in [2.45, 2.75) is 19.5 Å². The molecule has 1 aromatic heterocycles. The third kappa shape index (κ3) is 2.55. The Morgan fingerprint density at radius 1 is 1.53 bits per heavy atom. The summed E-state index contributed by atoms with van der Waals surface area (Å²) in [5, 5.41) is 3.30. The van der Waals surface area contributed by atoms with Gasteiger partial charge in [-0.3, -0.25) is 0 Å². The van der Waals surface area contributed by atoms with Gasteiger partial charge in [-0.2, -0.15) is 0 Å². The summed E-state index contributed by atoms with van der Waals surface area (Å²) in [5.74, 6) is 0. The molecule has 4 heteroatoms. The minimum atomic E-state index is 0.195. The van der Waals surface area contributed by atoms with Crippen molar-refractivity contribution >= 4 is 11.0 Å². The maximum Gasteiger partial charge on any atom is 0.0931 e. The van der Waals surface area contributed by atoms with Crippen LogP contribution >= 0.6 is 0 Å². The fraction of sp³-hybridized carbons (Fsp3) is 0.364. The number of H-pyrrole nitrogens is 1. The number of aromatic amines is 1. The van der Waals surface area contributed by atoms with E-state index in [2.05, 4.69) is 27.4 Å². The third-order valence-electron chi connectivity index (χ3n) is 2.28. The number of nitrogens with zero attached hydrogens (tertiary/aromatic N) is 1. The van der Waals surface area contributed by atoms with E-state index in [9.17, 15) is 0 Å². The molecule has 2 aromatic rings. The molecule has 4 N–H and O–H groups in total. The monoisotopic (exact) mass is 204 g/mol. The second-order valence-corrected chi connectivity index (χ2v) is 3.86. The molecule has 4 nitrogen and oxygen atoms in total. The smallest absolute Gasteiger partial charge is 0.0931 e. The van der Waals surface area contributed by atoms with Crippen LogP contribution in [0.25, 0.3) is 11.0 Å². The van der Waals surface area contributed by atoms with E-state index in [0.717, 1.165) is 24.1 Å². The predicted molar refractivity (Wildman–Crippen MR) is 61.4 cm³/mol. The normalized spacial score (nSPS) is 13.2. The van der Waals surface area contributed by atoms with Crippen molar-refractivity contribution in [3.63, 3.8) is 0 Å². The summed E-state index contributed by atoms with van der Waals surface area (Å²) in [4.78, 5) is 7.27. The number of aromatic nitrogens is 2. The van der Waals surface area contributed by atoms with Gasteiger partial charge < -0.3 is 16.0 Å². The van der Waals surface area contributed by atoms with E-state index < -0.39 is 0 Å². The average Bonchev–Trinajstić information content (AvgIpc) is 2.64. The molecule has 80 valence electrons. The molecular formula is C11H16N4. The fourth-order valence-electron chi connectivity index (χ4n) is 1.54. The fourth-order valence-corrected chi connectivity index (χ4v) is 1.54. The molecular weight excluding hydrogens is 188 g/mol. The second-order valence-electron chi connectivity index (χ2n) is 3.86. The lowest BCUT2D eigenvalue weighted by atomic mass is 10.2. The number of nitrogens with two attached hydrogens (primary N) is 1. The zero-order chi connectivity index (χ0) is 10.7. The first-order valence-electron chi connectivity index (χ1n) is 5.14. The van der Waals surface area contributed by atoms with Crippen molar-refractivity contribution in [3.8, 4) is 0 Å². The Bertz CT molecular complexity index is 433. The number of hydrogen-bond donors (Lipinski definition) is 3. The highest BCUT2D eigenvalue weighted by molar-refractivity contribution is 5.74. The minimum Gasteiger partial charge on any atom is -0.345 e. The zero-order valence-electron chi connectivity index (χ0n) is 8.83. The van der Waals surface area contributed by atoms with Crippen LogP contribution in [0, 0.1) is 0 Å². The van der Waals surface area contributed by atoms with Crippen LogP contribution in [0.15, 0.2) is 24.5 Å². The van der Waals surface area contributed by atoms with Gasteiger partial charge in [-0.25, -0.2) is 4.98 Å². The second kappa shape index (κ2) is 4.42. The van der Waals surface area contributed by atoms with Crippen molar-refractivity contribution in [1.82, 2.24) is 15.3 Å². The standard InChI is InChI=1S/C11H16N4/c1-8(12)5-13-6-9-2-3-10-11(4-9)15-7-14-10/h2-4,7-8,13H,5-6,12H2,1H3,(H,14,15). The van der Waals surface area contributed by atoms with Crippen molar-refractivity contribution in [1.29, 1.82) is 0 Å². The summed E-state index contributed by atoms with van der Waals surface area (Å²) in [6, 6.07) is 6.41. The van der Waals surface area contributed by atoms with Gasteiger partial charge in [0, 0.05) is 19.1 Å². The van der Waals surface area contributed by atoms with Crippen molar-refractivity contribution in [3.05, 3.63) is 30.1 Å². The first-order valence-corrected chi connectivity index (χ1v) is 5.14. The van der Waals surface area contributed by atoms with Gasteiger partial charge in [-0.15, -0.1) is 0 Å². The molecule has 0 spiro atoms. The molecule has 2 rings (SSSR count). The average molecular weight is 204 g/mol. The first-order chi connectivity index (χ1) is 7.25. The van der Waals surface area contributed by atoms with Crippen molar-refractivity contribution in [2.75, 3.05) is 6.54 Å². The van der Waals surface area contributed by atoms with E-state index in [1.807, 2.05) is 13.0 Å². The highest BCUT2D eigenvalue weighted by atomic mass is 14.9. The molecule has 0 aliphatic heterocycles. The third-order valence-corrected chi connectivity index (χ3v) is 2.28. The Morgan fingerprint density at radius 2 is 2.40 bits per heavy atom. The Kier molecular flexibility index (Phi) is 2.99. The predicted octanol–water partition coefficient (Wildman–Crippen LogP) is 1.000. The Balaban J connectivity index is 2.02. The number of hydrogen-bond acceptors (Lipinski definition) is 3. The number of benzene rings is 1. The lowest BCUT2D eigenvalue weighted by Gasteiger charge is -2.07. The van der Waals surface area contributed by atoms with Crippen molar-refractivity contribution < 1.29 is 0 Å². The molecule has 0 saturated carbocycles. The van der Waals surface area contributed by atoms with E-state index >= 15 is 0 Å². The summed E-state index contributed by atoms with van der Waals surface area (Å²) < 4.78 is 0. The van der Waals surface area contributed by atoms with Gasteiger partial charge in [-0.1, -0.05) is 6.07 Å². The van der Waals surface area contributed by atoms with Gasteiger partial charge in [0.05, 0.1) is 17.4 Å². The summed E-state index contributed by atoms with van der Waals surface area (Å²) in [5.41, 5.74) is 8.98. The lowest BCUT2D eigenvalue weighted by Crippen LogP contribution is -2.30. The highest BCUT2D eigenvalue weighted by Crippen LogP contribution is 2.11. The molecule has 0 bridgehead atoms. The summed E-state index contributed by atoms with van der Waals surface area (Å²) in [7, 11) is 0. The Morgan fingerprint density at radius 3 is 3.20 bits per heavy atom. The molecule has 0 saturated heterocycles. The van der Waals surface area contributed by atoms with Gasteiger partial charge >= 0.3 is 0 Å². The molecule has 0 aliphatic rings. The number of rotatable bonds is 4. The molecule has 1 atom stereocenters. The Labute approximate surface area is 88.9 Å². The van der Waals surface area contributed by atoms with Crippen LogP contribution in [0.5, 0.6) is 0 Å². The molecule has 1 heterocycles. The largest absolute Gasteiger partial charge is 0.345 e. The topological polar surface area (TPSA) is 66.7 Å². The number of fused-ring (bicyclic) bond motifs is 1. The molecule has 15 heavy (non-hydrogen) atoms. The van der Waals surface area contributed by atoms with E-state index in [-0.39, 0.29) is 6.04 Å². The molecule has 1 unspecified atom stereocenters. The van der Waals surface area contributed by atoms with Gasteiger partial charge in [0.15, 0.2) is 0 Å². The quantitative estimate of drug-likeness (QED) is 0.696. The molecule has 0 aliphatic carbocycles. The van der Waals surface area contributed by atoms with Crippen LogP contribution in [0.1, 0.15) is 12.5 Å². The first kappa shape index (κ1) is 10.1. The van der Waals surface area contributed by atoms with Crippen LogP contribution in [0.3, 0.4) is 0 Å². The Hall–Kier alpha value is -1.39. The summed E-state index contributed by atoms with van der Waals surface area (Å²) in [6.07, 6.45) is 1.71. The van der Waals surface area contributed by atoms with Crippen LogP contribution in [0.2, 0.25) is 0 Å². The van der Waals surface area contributed by atoms with Crippen LogP contribution < -0.4 is 11.1 Å². The van der Waals surface area contributed by atoms with E-state index in [0.29, 0.717) is 0 Å². The molecule has 0 radical (unpaired) electrons. The SMILES string of the molecule is CC(N)CNCc1ccc2nc[nH]c2c1. The highest BCUT2D eigenvalue weighted by Gasteiger charge is 1.98. The molecule has 1 aromatic carbocycles. The van der Waals surface area contributed by atoms with Crippen LogP contribution in [0.4, 0.5) is 0 Å². The minimum absolute atomic E-state index is 0.195. The molecule has 0 amide bonds. The van der Waals surface area contributed by atoms with Crippen molar-refractivity contribution in [2.24, 2.45) is 5.73 Å². The van der Waals surface area contributed by atoms with Gasteiger partial charge in [0.25, 0.3) is 0 Å². The van der Waals surface area contributed by atoms with Gasteiger partial charge in [0.2, 0.25) is 0 Å². The van der Waals surface area contributed by atoms with E-state index in [1.165, 1.54) is 5.56 Å². The number of imidazole rings is 1. The van der Waals surface area contributed by atoms with Crippen LogP contribution in [-0.2, 0) is 6.54 Å². The maximum atomic E-state index is 5.65. The maximum absolute atomic E-state index is 5.65. The summed E-state index contributed by atoms with van der Waals surface area (Å²) in [6.45, 7) is 3.67. The molecule has 0 fully saturated rings. The van der Waals surface area contributed by atoms with Gasteiger partial charge in [0.1, 0.15) is 0 Å². The summed E-state index contributed by atoms with van der Waals surface area (Å²) >= 11 is 0. The van der Waals surface area contributed by atoms with Crippen LogP contribution in [-0.4, -0.2) is 22.6 Å². The van der Waals surface area contributed by atoms with E-state index in [1.54, 1.807) is 6.33 Å².